The lowest BCUT2D eigenvalue weighted by Gasteiger charge is -2.37. The molecule has 1 aliphatic heterocycles. The van der Waals surface area contributed by atoms with Gasteiger partial charge in [-0.3, -0.25) is 14.5 Å². The van der Waals surface area contributed by atoms with E-state index in [0.29, 0.717) is 5.56 Å². The number of benzene rings is 2. The van der Waals surface area contributed by atoms with Crippen LogP contribution in [-0.4, -0.2) is 30.5 Å². The SMILES string of the molecule is CN1CCC(ONC(=O)c2ccccc2)CC1c1ccccc1N. The molecule has 126 valence electrons. The zero-order chi connectivity index (χ0) is 16.9. The zero-order valence-corrected chi connectivity index (χ0v) is 13.8. The molecule has 1 heterocycles. The average Bonchev–Trinajstić information content (AvgIpc) is 2.62. The highest BCUT2D eigenvalue weighted by Crippen LogP contribution is 2.33. The number of nitrogen functional groups attached to an aromatic ring is 1. The van der Waals surface area contributed by atoms with Crippen LogP contribution in [0.4, 0.5) is 5.69 Å². The number of nitrogens with two attached hydrogens (primary N) is 1. The van der Waals surface area contributed by atoms with E-state index in [2.05, 4.69) is 23.5 Å². The molecule has 0 aliphatic carbocycles. The molecule has 0 bridgehead atoms. The van der Waals surface area contributed by atoms with Crippen LogP contribution in [0.3, 0.4) is 0 Å². The number of likely N-dealkylation sites (tertiary alicyclic amines) is 1. The molecule has 2 atom stereocenters. The van der Waals surface area contributed by atoms with Crippen LogP contribution >= 0.6 is 0 Å². The van der Waals surface area contributed by atoms with Crippen molar-refractivity contribution in [3.05, 3.63) is 65.7 Å². The molecule has 1 amide bonds. The van der Waals surface area contributed by atoms with E-state index in [1.165, 1.54) is 0 Å². The van der Waals surface area contributed by atoms with Crippen molar-refractivity contribution < 1.29 is 9.63 Å². The second-order valence-corrected chi connectivity index (χ2v) is 6.19. The number of nitrogens with one attached hydrogen (secondary N) is 1. The lowest BCUT2D eigenvalue weighted by molar-refractivity contribution is -0.0536. The van der Waals surface area contributed by atoms with Crippen molar-refractivity contribution in [3.63, 3.8) is 0 Å². The monoisotopic (exact) mass is 325 g/mol. The molecule has 1 fully saturated rings. The van der Waals surface area contributed by atoms with Gasteiger partial charge in [0.15, 0.2) is 0 Å². The molecule has 0 saturated carbocycles. The normalized spacial score (nSPS) is 21.4. The van der Waals surface area contributed by atoms with Gasteiger partial charge in [0.05, 0.1) is 6.10 Å². The molecule has 0 radical (unpaired) electrons. The number of amides is 1. The molecule has 5 heteroatoms. The van der Waals surface area contributed by atoms with Gasteiger partial charge in [-0.2, -0.15) is 0 Å². The van der Waals surface area contributed by atoms with Gasteiger partial charge in [0, 0.05) is 23.8 Å². The van der Waals surface area contributed by atoms with E-state index in [1.807, 2.05) is 36.4 Å². The Bertz CT molecular complexity index is 690. The number of hydrogen-bond acceptors (Lipinski definition) is 4. The van der Waals surface area contributed by atoms with Crippen LogP contribution < -0.4 is 11.2 Å². The predicted molar refractivity (Wildman–Crippen MR) is 94.2 cm³/mol. The first-order valence-corrected chi connectivity index (χ1v) is 8.21. The van der Waals surface area contributed by atoms with Crippen molar-refractivity contribution in [1.82, 2.24) is 10.4 Å². The number of hydrogen-bond donors (Lipinski definition) is 2. The first kappa shape index (κ1) is 16.5. The molecule has 1 saturated heterocycles. The maximum atomic E-state index is 12.1. The van der Waals surface area contributed by atoms with Gasteiger partial charge in [-0.05, 0) is 43.7 Å². The number of carbonyl (C=O) groups is 1. The summed E-state index contributed by atoms with van der Waals surface area (Å²) in [5, 5.41) is 0. The van der Waals surface area contributed by atoms with Gasteiger partial charge in [0.25, 0.3) is 5.91 Å². The molecular formula is C19H23N3O2. The lowest BCUT2D eigenvalue weighted by Crippen LogP contribution is -2.40. The second-order valence-electron chi connectivity index (χ2n) is 6.19. The number of para-hydroxylation sites is 1. The maximum Gasteiger partial charge on any atom is 0.274 e. The van der Waals surface area contributed by atoms with Crippen molar-refractivity contribution in [2.24, 2.45) is 0 Å². The number of nitrogens with zero attached hydrogens (tertiary/aromatic N) is 1. The zero-order valence-electron chi connectivity index (χ0n) is 13.8. The van der Waals surface area contributed by atoms with Crippen LogP contribution in [0, 0.1) is 0 Å². The first-order valence-electron chi connectivity index (χ1n) is 8.21. The Kier molecular flexibility index (Phi) is 5.13. The van der Waals surface area contributed by atoms with E-state index in [1.54, 1.807) is 12.1 Å². The third-order valence-corrected chi connectivity index (χ3v) is 4.53. The summed E-state index contributed by atoms with van der Waals surface area (Å²) in [4.78, 5) is 20.0. The van der Waals surface area contributed by atoms with Crippen LogP contribution in [0.25, 0.3) is 0 Å². The third kappa shape index (κ3) is 3.75. The molecule has 0 spiro atoms. The quantitative estimate of drug-likeness (QED) is 0.670. The molecule has 0 aromatic heterocycles. The summed E-state index contributed by atoms with van der Waals surface area (Å²) in [6, 6.07) is 17.2. The largest absolute Gasteiger partial charge is 0.398 e. The lowest BCUT2D eigenvalue weighted by atomic mass is 9.93. The molecule has 1 aliphatic rings. The van der Waals surface area contributed by atoms with Crippen molar-refractivity contribution in [2.45, 2.75) is 25.0 Å². The molecule has 2 aromatic rings. The fourth-order valence-electron chi connectivity index (χ4n) is 3.12. The first-order chi connectivity index (χ1) is 11.6. The van der Waals surface area contributed by atoms with Gasteiger partial charge in [-0.15, -0.1) is 0 Å². The van der Waals surface area contributed by atoms with Crippen LogP contribution in [0.2, 0.25) is 0 Å². The van der Waals surface area contributed by atoms with E-state index in [-0.39, 0.29) is 18.1 Å². The van der Waals surface area contributed by atoms with Gasteiger partial charge in [-0.25, -0.2) is 5.48 Å². The molecule has 5 nitrogen and oxygen atoms in total. The topological polar surface area (TPSA) is 67.6 Å². The van der Waals surface area contributed by atoms with E-state index < -0.39 is 0 Å². The summed E-state index contributed by atoms with van der Waals surface area (Å²) in [7, 11) is 2.09. The van der Waals surface area contributed by atoms with E-state index >= 15 is 0 Å². The van der Waals surface area contributed by atoms with Gasteiger partial charge < -0.3 is 5.73 Å². The highest BCUT2D eigenvalue weighted by Gasteiger charge is 2.29. The van der Waals surface area contributed by atoms with Crippen molar-refractivity contribution in [2.75, 3.05) is 19.3 Å². The van der Waals surface area contributed by atoms with Crippen LogP contribution in [0.1, 0.15) is 34.8 Å². The van der Waals surface area contributed by atoms with Gasteiger partial charge in [-0.1, -0.05) is 36.4 Å². The van der Waals surface area contributed by atoms with Gasteiger partial charge >= 0.3 is 0 Å². The summed E-state index contributed by atoms with van der Waals surface area (Å²) in [6.07, 6.45) is 1.63. The highest BCUT2D eigenvalue weighted by molar-refractivity contribution is 5.93. The summed E-state index contributed by atoms with van der Waals surface area (Å²) in [6.45, 7) is 0.894. The fraction of sp³-hybridized carbons (Fsp3) is 0.316. The van der Waals surface area contributed by atoms with E-state index in [9.17, 15) is 4.79 Å². The molecule has 3 rings (SSSR count). The number of hydroxylamine groups is 1. The Morgan fingerprint density at radius 2 is 1.88 bits per heavy atom. The highest BCUT2D eigenvalue weighted by atomic mass is 16.7. The van der Waals surface area contributed by atoms with Crippen molar-refractivity contribution in [3.8, 4) is 0 Å². The minimum Gasteiger partial charge on any atom is -0.398 e. The minimum absolute atomic E-state index is 0.0292. The summed E-state index contributed by atoms with van der Waals surface area (Å²) >= 11 is 0. The van der Waals surface area contributed by atoms with Crippen LogP contribution in [-0.2, 0) is 4.84 Å². The summed E-state index contributed by atoms with van der Waals surface area (Å²) < 4.78 is 0. The molecule has 2 aromatic carbocycles. The average molecular weight is 325 g/mol. The Balaban J connectivity index is 1.62. The van der Waals surface area contributed by atoms with Crippen molar-refractivity contribution in [1.29, 1.82) is 0 Å². The van der Waals surface area contributed by atoms with Gasteiger partial charge in [0.2, 0.25) is 0 Å². The van der Waals surface area contributed by atoms with Gasteiger partial charge in [0.1, 0.15) is 0 Å². The Labute approximate surface area is 142 Å². The summed E-state index contributed by atoms with van der Waals surface area (Å²) in [5.41, 5.74) is 11.2. The Morgan fingerprint density at radius 3 is 2.62 bits per heavy atom. The Hall–Kier alpha value is -2.37. The third-order valence-electron chi connectivity index (χ3n) is 4.53. The predicted octanol–water partition coefficient (Wildman–Crippen LogP) is 2.77. The molecule has 3 N–H and O–H groups in total. The minimum atomic E-state index is -0.217. The second kappa shape index (κ2) is 7.47. The maximum absolute atomic E-state index is 12.1. The number of rotatable bonds is 4. The molecule has 2 unspecified atom stereocenters. The number of carbonyl (C=O) groups excluding carboxylic acids is 1. The van der Waals surface area contributed by atoms with E-state index in [0.717, 1.165) is 30.6 Å². The smallest absolute Gasteiger partial charge is 0.274 e. The number of piperidine rings is 1. The summed E-state index contributed by atoms with van der Waals surface area (Å²) in [5.74, 6) is -0.217. The van der Waals surface area contributed by atoms with Crippen molar-refractivity contribution >= 4 is 11.6 Å². The molecular weight excluding hydrogens is 302 g/mol. The number of anilines is 1. The fourth-order valence-corrected chi connectivity index (χ4v) is 3.12. The van der Waals surface area contributed by atoms with E-state index in [4.69, 9.17) is 10.6 Å². The van der Waals surface area contributed by atoms with Crippen LogP contribution in [0.5, 0.6) is 0 Å². The standard InChI is InChI=1S/C19H23N3O2/c1-22-12-11-15(13-18(22)16-9-5-6-10-17(16)20)24-21-19(23)14-7-3-2-4-8-14/h2-10,15,18H,11-13,20H2,1H3,(H,21,23). The Morgan fingerprint density at radius 1 is 1.17 bits per heavy atom. The molecule has 24 heavy (non-hydrogen) atoms. The van der Waals surface area contributed by atoms with Crippen LogP contribution in [0.15, 0.2) is 54.6 Å².